The maximum atomic E-state index is 12.4. The molecule has 2 N–H and O–H groups in total. The maximum absolute atomic E-state index is 12.4. The van der Waals surface area contributed by atoms with Crippen LogP contribution in [0.5, 0.6) is 0 Å². The molecule has 2 aromatic heterocycles. The molecule has 3 heterocycles. The van der Waals surface area contributed by atoms with Gasteiger partial charge in [-0.3, -0.25) is 14.4 Å². The third-order valence-electron chi connectivity index (χ3n) is 3.81. The highest BCUT2D eigenvalue weighted by atomic mass is 32.1. The van der Waals surface area contributed by atoms with Gasteiger partial charge in [0.2, 0.25) is 5.91 Å². The fraction of sp³-hybridized carbons (Fsp3) is 0.333. The van der Waals surface area contributed by atoms with Gasteiger partial charge >= 0.3 is 0 Å². The number of piperidine rings is 1. The van der Waals surface area contributed by atoms with Gasteiger partial charge in [0.25, 0.3) is 11.5 Å². The molecule has 120 valence electrons. The number of hydrogen-bond acceptors (Lipinski definition) is 5. The Hall–Kier alpha value is -2.48. The first-order chi connectivity index (χ1) is 11.0. The van der Waals surface area contributed by atoms with Crippen molar-refractivity contribution in [3.05, 3.63) is 50.6 Å². The molecule has 2 amide bonds. The fourth-order valence-corrected chi connectivity index (χ4v) is 3.28. The summed E-state index contributed by atoms with van der Waals surface area (Å²) in [6, 6.07) is 4.18. The van der Waals surface area contributed by atoms with E-state index in [1.54, 1.807) is 11.3 Å². The Labute approximate surface area is 136 Å². The van der Waals surface area contributed by atoms with Gasteiger partial charge in [-0.15, -0.1) is 0 Å². The number of rotatable bonds is 3. The number of aromatic nitrogens is 2. The Bertz CT molecular complexity index is 784. The zero-order valence-electron chi connectivity index (χ0n) is 12.5. The minimum atomic E-state index is -0.359. The SMILES string of the molecule is Cn1nc(C(=O)N[C@@H]2CCC(=O)N[C@H]2c2ccsc2)ccc1=O. The van der Waals surface area contributed by atoms with Crippen molar-refractivity contribution < 1.29 is 9.59 Å². The minimum absolute atomic E-state index is 0.0214. The number of nitrogens with zero attached hydrogens (tertiary/aromatic N) is 2. The van der Waals surface area contributed by atoms with Crippen molar-refractivity contribution in [3.8, 4) is 0 Å². The fourth-order valence-electron chi connectivity index (χ4n) is 2.59. The first-order valence-electron chi connectivity index (χ1n) is 7.21. The van der Waals surface area contributed by atoms with Gasteiger partial charge in [0.1, 0.15) is 5.69 Å². The van der Waals surface area contributed by atoms with E-state index in [0.717, 1.165) is 10.2 Å². The van der Waals surface area contributed by atoms with Crippen LogP contribution in [-0.4, -0.2) is 27.6 Å². The molecule has 8 heteroatoms. The zero-order valence-corrected chi connectivity index (χ0v) is 13.3. The van der Waals surface area contributed by atoms with E-state index in [0.29, 0.717) is 12.8 Å². The molecule has 1 saturated heterocycles. The Balaban J connectivity index is 1.79. The zero-order chi connectivity index (χ0) is 16.4. The van der Waals surface area contributed by atoms with Crippen LogP contribution in [0.2, 0.25) is 0 Å². The molecule has 0 aromatic carbocycles. The molecule has 0 radical (unpaired) electrons. The van der Waals surface area contributed by atoms with Gasteiger partial charge in [-0.25, -0.2) is 4.68 Å². The summed E-state index contributed by atoms with van der Waals surface area (Å²) in [7, 11) is 1.49. The number of carbonyl (C=O) groups excluding carboxylic acids is 2. The Morgan fingerprint density at radius 1 is 1.39 bits per heavy atom. The van der Waals surface area contributed by atoms with Gasteiger partial charge in [-0.05, 0) is 34.9 Å². The molecule has 0 aliphatic carbocycles. The van der Waals surface area contributed by atoms with Crippen LogP contribution in [0.1, 0.15) is 34.9 Å². The largest absolute Gasteiger partial charge is 0.347 e. The van der Waals surface area contributed by atoms with E-state index in [2.05, 4.69) is 15.7 Å². The predicted molar refractivity (Wildman–Crippen MR) is 85.2 cm³/mol. The van der Waals surface area contributed by atoms with E-state index >= 15 is 0 Å². The lowest BCUT2D eigenvalue weighted by Gasteiger charge is -2.32. The highest BCUT2D eigenvalue weighted by molar-refractivity contribution is 7.08. The first kappa shape index (κ1) is 15.4. The van der Waals surface area contributed by atoms with Gasteiger partial charge in [-0.2, -0.15) is 16.4 Å². The average Bonchev–Trinajstić information content (AvgIpc) is 3.06. The molecule has 0 spiro atoms. The topological polar surface area (TPSA) is 93.1 Å². The summed E-state index contributed by atoms with van der Waals surface area (Å²) in [6.07, 6.45) is 0.927. The van der Waals surface area contributed by atoms with E-state index in [4.69, 9.17) is 0 Å². The molecule has 0 bridgehead atoms. The molecular formula is C15H16N4O3S. The molecule has 1 aliphatic rings. The second kappa shape index (κ2) is 6.33. The van der Waals surface area contributed by atoms with Gasteiger partial charge in [0, 0.05) is 19.5 Å². The Kier molecular flexibility index (Phi) is 4.24. The van der Waals surface area contributed by atoms with Crippen molar-refractivity contribution in [2.75, 3.05) is 0 Å². The molecule has 2 atom stereocenters. The molecule has 23 heavy (non-hydrogen) atoms. The summed E-state index contributed by atoms with van der Waals surface area (Å²) in [5, 5.41) is 13.7. The van der Waals surface area contributed by atoms with Gasteiger partial charge in [0.05, 0.1) is 12.1 Å². The second-order valence-electron chi connectivity index (χ2n) is 5.40. The normalized spacial score (nSPS) is 20.8. The smallest absolute Gasteiger partial charge is 0.272 e. The molecule has 7 nitrogen and oxygen atoms in total. The lowest BCUT2D eigenvalue weighted by Crippen LogP contribution is -2.50. The van der Waals surface area contributed by atoms with Crippen LogP contribution in [0.4, 0.5) is 0 Å². The van der Waals surface area contributed by atoms with Crippen LogP contribution in [0.25, 0.3) is 0 Å². The summed E-state index contributed by atoms with van der Waals surface area (Å²) in [6.45, 7) is 0. The summed E-state index contributed by atoms with van der Waals surface area (Å²) in [4.78, 5) is 35.4. The van der Waals surface area contributed by atoms with E-state index < -0.39 is 0 Å². The summed E-state index contributed by atoms with van der Waals surface area (Å²) in [5.41, 5.74) is 0.873. The Morgan fingerprint density at radius 2 is 2.22 bits per heavy atom. The van der Waals surface area contributed by atoms with Crippen molar-refractivity contribution in [1.29, 1.82) is 0 Å². The highest BCUT2D eigenvalue weighted by Gasteiger charge is 2.31. The van der Waals surface area contributed by atoms with E-state index in [-0.39, 0.29) is 35.2 Å². The highest BCUT2D eigenvalue weighted by Crippen LogP contribution is 2.26. The Morgan fingerprint density at radius 3 is 2.91 bits per heavy atom. The van der Waals surface area contributed by atoms with Crippen LogP contribution < -0.4 is 16.2 Å². The van der Waals surface area contributed by atoms with Crippen LogP contribution in [0.15, 0.2) is 33.8 Å². The van der Waals surface area contributed by atoms with Gasteiger partial charge < -0.3 is 10.6 Å². The summed E-state index contributed by atoms with van der Waals surface area (Å²) >= 11 is 1.54. The number of carbonyl (C=O) groups is 2. The van der Waals surface area contributed by atoms with Crippen LogP contribution in [-0.2, 0) is 11.8 Å². The monoisotopic (exact) mass is 332 g/mol. The number of hydrogen-bond donors (Lipinski definition) is 2. The maximum Gasteiger partial charge on any atom is 0.272 e. The molecule has 2 aromatic rings. The molecule has 0 saturated carbocycles. The van der Waals surface area contributed by atoms with Crippen molar-refractivity contribution in [2.45, 2.75) is 24.9 Å². The van der Waals surface area contributed by atoms with Crippen molar-refractivity contribution >= 4 is 23.2 Å². The summed E-state index contributed by atoms with van der Waals surface area (Å²) in [5.74, 6) is -0.381. The average molecular weight is 332 g/mol. The molecule has 1 aliphatic heterocycles. The quantitative estimate of drug-likeness (QED) is 0.860. The van der Waals surface area contributed by atoms with Crippen molar-refractivity contribution in [3.63, 3.8) is 0 Å². The summed E-state index contributed by atoms with van der Waals surface area (Å²) < 4.78 is 1.12. The molecule has 3 rings (SSSR count). The van der Waals surface area contributed by atoms with E-state index in [1.165, 1.54) is 19.2 Å². The van der Waals surface area contributed by atoms with Gasteiger partial charge in [0.15, 0.2) is 0 Å². The van der Waals surface area contributed by atoms with Crippen molar-refractivity contribution in [1.82, 2.24) is 20.4 Å². The number of amides is 2. The molecular weight excluding hydrogens is 316 g/mol. The number of thiophene rings is 1. The third-order valence-corrected chi connectivity index (χ3v) is 4.51. The standard InChI is InChI=1S/C15H16N4O3S/c1-19-13(21)5-3-11(18-19)15(22)16-10-2-4-12(20)17-14(10)9-6-7-23-8-9/h3,5-8,10,14H,2,4H2,1H3,(H,16,22)(H,17,20)/t10-,14+/m1/s1. The van der Waals surface area contributed by atoms with E-state index in [1.807, 2.05) is 16.8 Å². The number of aryl methyl sites for hydroxylation is 1. The van der Waals surface area contributed by atoms with Crippen molar-refractivity contribution in [2.24, 2.45) is 7.05 Å². The van der Waals surface area contributed by atoms with Crippen LogP contribution in [0.3, 0.4) is 0 Å². The van der Waals surface area contributed by atoms with Crippen LogP contribution in [0, 0.1) is 0 Å². The second-order valence-corrected chi connectivity index (χ2v) is 6.18. The molecule has 1 fully saturated rings. The third kappa shape index (κ3) is 3.31. The first-order valence-corrected chi connectivity index (χ1v) is 8.15. The lowest BCUT2D eigenvalue weighted by molar-refractivity contribution is -0.123. The molecule has 0 unspecified atom stereocenters. The van der Waals surface area contributed by atoms with Gasteiger partial charge in [-0.1, -0.05) is 0 Å². The number of nitrogens with one attached hydrogen (secondary N) is 2. The lowest BCUT2D eigenvalue weighted by atomic mass is 9.93. The van der Waals surface area contributed by atoms with Crippen LogP contribution >= 0.6 is 11.3 Å². The van der Waals surface area contributed by atoms with E-state index in [9.17, 15) is 14.4 Å². The predicted octanol–water partition coefficient (Wildman–Crippen LogP) is 0.591. The minimum Gasteiger partial charge on any atom is -0.347 e.